The van der Waals surface area contributed by atoms with E-state index in [0.717, 1.165) is 25.7 Å². The quantitative estimate of drug-likeness (QED) is 0.710. The fourth-order valence-electron chi connectivity index (χ4n) is 3.44. The Labute approximate surface area is 123 Å². The Balaban J connectivity index is 2.21. The van der Waals surface area contributed by atoms with Crippen LogP contribution in [-0.2, 0) is 9.53 Å². The van der Waals surface area contributed by atoms with Crippen LogP contribution >= 0.6 is 34.8 Å². The zero-order chi connectivity index (χ0) is 13.3. The van der Waals surface area contributed by atoms with E-state index in [9.17, 15) is 4.79 Å². The lowest BCUT2D eigenvalue weighted by Gasteiger charge is -2.23. The molecule has 0 heterocycles. The monoisotopic (exact) mass is 310 g/mol. The SMILES string of the molecule is CCOC(=O)C1C(C(Cl)=C(Cl)Cl)C12CCCCC2. The van der Waals surface area contributed by atoms with E-state index in [2.05, 4.69) is 0 Å². The number of carbonyl (C=O) groups is 1. The Morgan fingerprint density at radius 1 is 1.17 bits per heavy atom. The van der Waals surface area contributed by atoms with Crippen LogP contribution in [0.2, 0.25) is 0 Å². The third-order valence-electron chi connectivity index (χ3n) is 4.24. The topological polar surface area (TPSA) is 26.3 Å². The Hall–Kier alpha value is 0.0800. The molecule has 1 spiro atoms. The van der Waals surface area contributed by atoms with Crippen LogP contribution in [0.15, 0.2) is 9.52 Å². The van der Waals surface area contributed by atoms with Gasteiger partial charge < -0.3 is 4.74 Å². The summed E-state index contributed by atoms with van der Waals surface area (Å²) >= 11 is 17.7. The second-order valence-electron chi connectivity index (χ2n) is 5.11. The van der Waals surface area contributed by atoms with Gasteiger partial charge in [-0.3, -0.25) is 4.79 Å². The van der Waals surface area contributed by atoms with E-state index in [-0.39, 0.29) is 27.7 Å². The molecule has 5 heteroatoms. The van der Waals surface area contributed by atoms with Crippen LogP contribution in [0.3, 0.4) is 0 Å². The van der Waals surface area contributed by atoms with E-state index >= 15 is 0 Å². The van der Waals surface area contributed by atoms with Gasteiger partial charge in [0, 0.05) is 5.92 Å². The van der Waals surface area contributed by atoms with Gasteiger partial charge in [-0.15, -0.1) is 0 Å². The molecule has 0 aromatic heterocycles. The minimum atomic E-state index is -0.155. The number of hydrogen-bond acceptors (Lipinski definition) is 2. The second kappa shape index (κ2) is 5.60. The van der Waals surface area contributed by atoms with Crippen LogP contribution in [0.4, 0.5) is 0 Å². The van der Waals surface area contributed by atoms with Gasteiger partial charge in [-0.1, -0.05) is 54.1 Å². The van der Waals surface area contributed by atoms with Crippen molar-refractivity contribution in [1.82, 2.24) is 0 Å². The van der Waals surface area contributed by atoms with Crippen molar-refractivity contribution >= 4 is 40.8 Å². The number of rotatable bonds is 3. The predicted octanol–water partition coefficient (Wildman–Crippen LogP) is 4.63. The van der Waals surface area contributed by atoms with E-state index in [4.69, 9.17) is 39.5 Å². The molecule has 2 nitrogen and oxygen atoms in total. The molecule has 2 fully saturated rings. The first kappa shape index (κ1) is 14.5. The number of allylic oxidation sites excluding steroid dienone is 1. The maximum Gasteiger partial charge on any atom is 0.310 e. The third-order valence-corrected chi connectivity index (χ3v) is 5.27. The smallest absolute Gasteiger partial charge is 0.310 e. The van der Waals surface area contributed by atoms with Crippen molar-refractivity contribution in [2.45, 2.75) is 39.0 Å². The molecule has 0 saturated heterocycles. The molecule has 0 aromatic rings. The Morgan fingerprint density at radius 3 is 2.28 bits per heavy atom. The Bertz CT molecular complexity index is 368. The van der Waals surface area contributed by atoms with Crippen molar-refractivity contribution in [2.24, 2.45) is 17.3 Å². The summed E-state index contributed by atoms with van der Waals surface area (Å²) in [6.07, 6.45) is 5.52. The van der Waals surface area contributed by atoms with Gasteiger partial charge in [0.15, 0.2) is 0 Å². The number of hydrogen-bond donors (Lipinski definition) is 0. The summed E-state index contributed by atoms with van der Waals surface area (Å²) in [5, 5.41) is 0.429. The van der Waals surface area contributed by atoms with Gasteiger partial charge in [-0.25, -0.2) is 0 Å². The first-order valence-corrected chi connectivity index (χ1v) is 7.55. The third kappa shape index (κ3) is 2.39. The highest BCUT2D eigenvalue weighted by Crippen LogP contribution is 2.70. The number of halogens is 3. The highest BCUT2D eigenvalue weighted by molar-refractivity contribution is 6.59. The van der Waals surface area contributed by atoms with Crippen molar-refractivity contribution in [1.29, 1.82) is 0 Å². The molecule has 0 amide bonds. The highest BCUT2D eigenvalue weighted by Gasteiger charge is 2.69. The Morgan fingerprint density at radius 2 is 1.78 bits per heavy atom. The van der Waals surface area contributed by atoms with E-state index in [1.165, 1.54) is 6.42 Å². The molecule has 102 valence electrons. The Kier molecular flexibility index (Phi) is 4.51. The average Bonchev–Trinajstić information content (AvgIpc) is 2.97. The summed E-state index contributed by atoms with van der Waals surface area (Å²) in [4.78, 5) is 12.0. The first-order valence-electron chi connectivity index (χ1n) is 6.42. The van der Waals surface area contributed by atoms with Crippen LogP contribution in [0.5, 0.6) is 0 Å². The number of ether oxygens (including phenoxy) is 1. The molecule has 2 unspecified atom stereocenters. The van der Waals surface area contributed by atoms with E-state index in [1.807, 2.05) is 6.92 Å². The average molecular weight is 312 g/mol. The standard InChI is InChI=1S/C13H17Cl3O2/c1-2-18-12(17)9-8(10(14)11(15)16)13(9)6-4-3-5-7-13/h8-9H,2-7H2,1H3. The molecule has 0 bridgehead atoms. The molecule has 18 heavy (non-hydrogen) atoms. The van der Waals surface area contributed by atoms with Gasteiger partial charge in [0.1, 0.15) is 4.49 Å². The zero-order valence-electron chi connectivity index (χ0n) is 10.3. The van der Waals surface area contributed by atoms with Crippen molar-refractivity contribution in [3.05, 3.63) is 9.52 Å². The number of esters is 1. The van der Waals surface area contributed by atoms with Gasteiger partial charge in [-0.2, -0.15) is 0 Å². The molecule has 2 saturated carbocycles. The van der Waals surface area contributed by atoms with E-state index in [0.29, 0.717) is 11.6 Å². The molecular weight excluding hydrogens is 295 g/mol. The fourth-order valence-corrected chi connectivity index (χ4v) is 4.02. The van der Waals surface area contributed by atoms with Gasteiger partial charge >= 0.3 is 5.97 Å². The molecule has 0 N–H and O–H groups in total. The molecule has 0 aromatic carbocycles. The zero-order valence-corrected chi connectivity index (χ0v) is 12.6. The summed E-state index contributed by atoms with van der Waals surface area (Å²) < 4.78 is 5.23. The van der Waals surface area contributed by atoms with Crippen LogP contribution in [0.1, 0.15) is 39.0 Å². The normalized spacial score (nSPS) is 28.9. The lowest BCUT2D eigenvalue weighted by Crippen LogP contribution is -2.16. The molecule has 0 aliphatic heterocycles. The summed E-state index contributed by atoms with van der Waals surface area (Å²) in [5.74, 6) is -0.349. The molecule has 2 aliphatic carbocycles. The van der Waals surface area contributed by atoms with Gasteiger partial charge in [0.05, 0.1) is 17.6 Å². The van der Waals surface area contributed by atoms with Gasteiger partial charge in [0.2, 0.25) is 0 Å². The van der Waals surface area contributed by atoms with E-state index in [1.54, 1.807) is 0 Å². The van der Waals surface area contributed by atoms with Crippen LogP contribution < -0.4 is 0 Å². The van der Waals surface area contributed by atoms with Crippen LogP contribution in [0.25, 0.3) is 0 Å². The second-order valence-corrected chi connectivity index (χ2v) is 6.47. The van der Waals surface area contributed by atoms with Crippen LogP contribution in [0, 0.1) is 17.3 Å². The molecule has 2 aliphatic rings. The van der Waals surface area contributed by atoms with Gasteiger partial charge in [-0.05, 0) is 25.2 Å². The highest BCUT2D eigenvalue weighted by atomic mass is 35.5. The van der Waals surface area contributed by atoms with Crippen molar-refractivity contribution < 1.29 is 9.53 Å². The maximum absolute atomic E-state index is 12.0. The summed E-state index contributed by atoms with van der Waals surface area (Å²) in [6, 6.07) is 0. The number of carbonyl (C=O) groups excluding carboxylic acids is 1. The lowest BCUT2D eigenvalue weighted by atomic mass is 9.83. The molecule has 0 radical (unpaired) electrons. The predicted molar refractivity (Wildman–Crippen MR) is 73.7 cm³/mol. The summed E-state index contributed by atoms with van der Waals surface area (Å²) in [7, 11) is 0. The molecule has 2 rings (SSSR count). The largest absolute Gasteiger partial charge is 0.466 e. The minimum Gasteiger partial charge on any atom is -0.466 e. The lowest BCUT2D eigenvalue weighted by molar-refractivity contribution is -0.146. The van der Waals surface area contributed by atoms with Crippen molar-refractivity contribution in [2.75, 3.05) is 6.61 Å². The fraction of sp³-hybridized carbons (Fsp3) is 0.769. The van der Waals surface area contributed by atoms with E-state index < -0.39 is 0 Å². The van der Waals surface area contributed by atoms with Crippen molar-refractivity contribution in [3.8, 4) is 0 Å². The molecular formula is C13H17Cl3O2. The summed E-state index contributed by atoms with van der Waals surface area (Å²) in [5.41, 5.74) is -0.0450. The molecule has 2 atom stereocenters. The van der Waals surface area contributed by atoms with Crippen molar-refractivity contribution in [3.63, 3.8) is 0 Å². The first-order chi connectivity index (χ1) is 8.54. The minimum absolute atomic E-state index is 0.0384. The maximum atomic E-state index is 12.0. The van der Waals surface area contributed by atoms with Crippen LogP contribution in [-0.4, -0.2) is 12.6 Å². The summed E-state index contributed by atoms with van der Waals surface area (Å²) in [6.45, 7) is 2.21. The van der Waals surface area contributed by atoms with Gasteiger partial charge in [0.25, 0.3) is 0 Å².